The molecule has 0 atom stereocenters. The van der Waals surface area contributed by atoms with Gasteiger partial charge in [0.1, 0.15) is 5.76 Å². The van der Waals surface area contributed by atoms with Gasteiger partial charge in [0, 0.05) is 23.9 Å². The lowest BCUT2D eigenvalue weighted by Crippen LogP contribution is -2.27. The maximum Gasteiger partial charge on any atom is 0.232 e. The summed E-state index contributed by atoms with van der Waals surface area (Å²) in [5.41, 5.74) is 0. The number of thiazole rings is 1. The van der Waals surface area contributed by atoms with Gasteiger partial charge in [-0.05, 0) is 19.1 Å². The molecule has 19 heavy (non-hydrogen) atoms. The molecule has 2 aromatic rings. The molecule has 0 aliphatic carbocycles. The highest BCUT2D eigenvalue weighted by atomic mass is 32.2. The molecule has 0 saturated heterocycles. The summed E-state index contributed by atoms with van der Waals surface area (Å²) in [4.78, 5) is 19.0. The van der Waals surface area contributed by atoms with E-state index in [9.17, 15) is 4.79 Å². The van der Waals surface area contributed by atoms with Gasteiger partial charge in [-0.1, -0.05) is 0 Å². The van der Waals surface area contributed by atoms with Crippen LogP contribution in [0.25, 0.3) is 0 Å². The van der Waals surface area contributed by atoms with Crippen LogP contribution in [0, 0.1) is 6.92 Å². The van der Waals surface area contributed by atoms with Crippen LogP contribution in [0.2, 0.25) is 0 Å². The lowest BCUT2D eigenvalue weighted by molar-refractivity contribution is -0.127. The topological polar surface area (TPSA) is 46.3 Å². The molecule has 0 spiro atoms. The van der Waals surface area contributed by atoms with Crippen molar-refractivity contribution in [1.29, 1.82) is 0 Å². The molecule has 0 saturated carbocycles. The molecule has 0 aromatic carbocycles. The second kappa shape index (κ2) is 6.77. The summed E-state index contributed by atoms with van der Waals surface area (Å²) < 4.78 is 5.22. The molecule has 0 unspecified atom stereocenters. The van der Waals surface area contributed by atoms with Crippen LogP contribution >= 0.6 is 23.1 Å². The third-order valence-electron chi connectivity index (χ3n) is 2.54. The van der Waals surface area contributed by atoms with E-state index < -0.39 is 0 Å². The van der Waals surface area contributed by atoms with Crippen molar-refractivity contribution in [2.75, 3.05) is 12.8 Å². The maximum atomic E-state index is 11.9. The molecular weight excluding hydrogens is 280 g/mol. The Morgan fingerprint density at radius 1 is 1.58 bits per heavy atom. The molecule has 0 radical (unpaired) electrons. The standard InChI is InChI=1S/C13H16N2O2S2/c1-10-14-6-12(19-10)8-18-9-13(16)15(2)7-11-4-3-5-17-11/h3-6H,7-9H2,1-2H3. The summed E-state index contributed by atoms with van der Waals surface area (Å²) in [6, 6.07) is 3.70. The molecule has 0 aliphatic rings. The average Bonchev–Trinajstić information content (AvgIpc) is 3.01. The monoisotopic (exact) mass is 296 g/mol. The van der Waals surface area contributed by atoms with Crippen molar-refractivity contribution in [3.05, 3.63) is 40.2 Å². The first-order chi connectivity index (χ1) is 9.15. The summed E-state index contributed by atoms with van der Waals surface area (Å²) >= 11 is 3.30. The molecule has 4 nitrogen and oxygen atoms in total. The first-order valence-corrected chi connectivity index (χ1v) is 7.87. The SMILES string of the molecule is Cc1ncc(CSCC(=O)N(C)Cc2ccco2)s1. The molecule has 2 heterocycles. The molecule has 0 N–H and O–H groups in total. The van der Waals surface area contributed by atoms with Crippen LogP contribution in [0.1, 0.15) is 15.6 Å². The fourth-order valence-electron chi connectivity index (χ4n) is 1.55. The number of aromatic nitrogens is 1. The van der Waals surface area contributed by atoms with E-state index in [0.29, 0.717) is 12.3 Å². The van der Waals surface area contributed by atoms with Crippen LogP contribution in [-0.4, -0.2) is 28.6 Å². The minimum Gasteiger partial charge on any atom is -0.467 e. The van der Waals surface area contributed by atoms with Crippen molar-refractivity contribution >= 4 is 29.0 Å². The summed E-state index contributed by atoms with van der Waals surface area (Å²) in [7, 11) is 1.79. The molecule has 1 amide bonds. The number of amides is 1. The highest BCUT2D eigenvalue weighted by molar-refractivity contribution is 7.99. The average molecular weight is 296 g/mol. The zero-order valence-electron chi connectivity index (χ0n) is 11.0. The molecule has 2 aromatic heterocycles. The first-order valence-electron chi connectivity index (χ1n) is 5.90. The van der Waals surface area contributed by atoms with Gasteiger partial charge in [-0.2, -0.15) is 0 Å². The molecule has 0 fully saturated rings. The van der Waals surface area contributed by atoms with E-state index in [0.717, 1.165) is 16.5 Å². The normalized spacial score (nSPS) is 10.6. The van der Waals surface area contributed by atoms with Crippen molar-refractivity contribution in [3.63, 3.8) is 0 Å². The highest BCUT2D eigenvalue weighted by Gasteiger charge is 2.11. The van der Waals surface area contributed by atoms with Crippen LogP contribution < -0.4 is 0 Å². The lowest BCUT2D eigenvalue weighted by atomic mass is 10.4. The minimum atomic E-state index is 0.114. The Labute approximate surface area is 120 Å². The highest BCUT2D eigenvalue weighted by Crippen LogP contribution is 2.19. The molecule has 0 aliphatic heterocycles. The number of furan rings is 1. The fraction of sp³-hybridized carbons (Fsp3) is 0.385. The number of aryl methyl sites for hydroxylation is 1. The van der Waals surface area contributed by atoms with Gasteiger partial charge in [-0.15, -0.1) is 23.1 Å². The van der Waals surface area contributed by atoms with Crippen molar-refractivity contribution in [2.24, 2.45) is 0 Å². The second-order valence-electron chi connectivity index (χ2n) is 4.17. The van der Waals surface area contributed by atoms with Gasteiger partial charge in [-0.3, -0.25) is 4.79 Å². The van der Waals surface area contributed by atoms with Crippen LogP contribution in [0.3, 0.4) is 0 Å². The number of hydrogen-bond donors (Lipinski definition) is 0. The van der Waals surface area contributed by atoms with Gasteiger partial charge < -0.3 is 9.32 Å². The number of carbonyl (C=O) groups excluding carboxylic acids is 1. The van der Waals surface area contributed by atoms with Gasteiger partial charge in [0.05, 0.1) is 23.6 Å². The van der Waals surface area contributed by atoms with E-state index >= 15 is 0 Å². The fourth-order valence-corrected chi connectivity index (χ4v) is 3.39. The van der Waals surface area contributed by atoms with Gasteiger partial charge in [-0.25, -0.2) is 4.98 Å². The minimum absolute atomic E-state index is 0.114. The Morgan fingerprint density at radius 3 is 3.05 bits per heavy atom. The van der Waals surface area contributed by atoms with Crippen LogP contribution in [0.5, 0.6) is 0 Å². The van der Waals surface area contributed by atoms with Crippen LogP contribution in [0.4, 0.5) is 0 Å². The molecule has 102 valence electrons. The Bertz CT molecular complexity index is 522. The lowest BCUT2D eigenvalue weighted by Gasteiger charge is -2.15. The van der Waals surface area contributed by atoms with Crippen LogP contribution in [-0.2, 0) is 17.1 Å². The van der Waals surface area contributed by atoms with E-state index in [1.807, 2.05) is 25.3 Å². The predicted molar refractivity (Wildman–Crippen MR) is 78.2 cm³/mol. The number of rotatable bonds is 6. The van der Waals surface area contributed by atoms with Crippen molar-refractivity contribution in [3.8, 4) is 0 Å². The summed E-state index contributed by atoms with van der Waals surface area (Å²) in [5, 5.41) is 1.07. The van der Waals surface area contributed by atoms with E-state index in [2.05, 4.69) is 4.98 Å². The second-order valence-corrected chi connectivity index (χ2v) is 6.47. The van der Waals surface area contributed by atoms with E-state index in [1.54, 1.807) is 41.3 Å². The summed E-state index contributed by atoms with van der Waals surface area (Å²) in [6.07, 6.45) is 3.50. The third kappa shape index (κ3) is 4.40. The van der Waals surface area contributed by atoms with Crippen LogP contribution in [0.15, 0.2) is 29.0 Å². The molecule has 0 bridgehead atoms. The third-order valence-corrected chi connectivity index (χ3v) is 4.60. The Balaban J connectivity index is 1.71. The van der Waals surface area contributed by atoms with Gasteiger partial charge in [0.2, 0.25) is 5.91 Å². The summed E-state index contributed by atoms with van der Waals surface area (Å²) in [5.74, 6) is 2.24. The van der Waals surface area contributed by atoms with E-state index in [1.165, 1.54) is 4.88 Å². The predicted octanol–water partition coefficient (Wildman–Crippen LogP) is 2.94. The Morgan fingerprint density at radius 2 is 2.42 bits per heavy atom. The smallest absolute Gasteiger partial charge is 0.232 e. The van der Waals surface area contributed by atoms with E-state index in [4.69, 9.17) is 4.42 Å². The number of hydrogen-bond acceptors (Lipinski definition) is 5. The van der Waals surface area contributed by atoms with Crippen molar-refractivity contribution in [2.45, 2.75) is 19.2 Å². The maximum absolute atomic E-state index is 11.9. The van der Waals surface area contributed by atoms with Gasteiger partial charge in [0.25, 0.3) is 0 Å². The molecule has 2 rings (SSSR count). The number of thioether (sulfide) groups is 1. The van der Waals surface area contributed by atoms with Gasteiger partial charge >= 0.3 is 0 Å². The van der Waals surface area contributed by atoms with Gasteiger partial charge in [0.15, 0.2) is 0 Å². The first kappa shape index (κ1) is 14.1. The zero-order valence-corrected chi connectivity index (χ0v) is 12.6. The van der Waals surface area contributed by atoms with E-state index in [-0.39, 0.29) is 5.91 Å². The largest absolute Gasteiger partial charge is 0.467 e. The molecular formula is C13H16N2O2S2. The Kier molecular flexibility index (Phi) is 5.04. The quantitative estimate of drug-likeness (QED) is 0.822. The Hall–Kier alpha value is -1.27. The number of nitrogens with zero attached hydrogens (tertiary/aromatic N) is 2. The van der Waals surface area contributed by atoms with Crippen molar-refractivity contribution < 1.29 is 9.21 Å². The van der Waals surface area contributed by atoms with Crippen molar-refractivity contribution in [1.82, 2.24) is 9.88 Å². The zero-order chi connectivity index (χ0) is 13.7. The number of carbonyl (C=O) groups is 1. The molecule has 6 heteroatoms. The summed E-state index contributed by atoms with van der Waals surface area (Å²) in [6.45, 7) is 2.51.